The maximum atomic E-state index is 13.1. The van der Waals surface area contributed by atoms with Gasteiger partial charge in [-0.3, -0.25) is 0 Å². The number of hydrogen-bond acceptors (Lipinski definition) is 0. The van der Waals surface area contributed by atoms with Crippen molar-refractivity contribution in [2.24, 2.45) is 5.92 Å². The van der Waals surface area contributed by atoms with Gasteiger partial charge in [-0.15, -0.1) is 11.6 Å². The molecule has 0 aliphatic heterocycles. The van der Waals surface area contributed by atoms with Crippen molar-refractivity contribution in [3.05, 3.63) is 34.1 Å². The number of halogens is 3. The molecule has 1 aliphatic carbocycles. The second kappa shape index (κ2) is 5.50. The van der Waals surface area contributed by atoms with Crippen molar-refractivity contribution < 1.29 is 4.39 Å². The topological polar surface area (TPSA) is 0 Å². The highest BCUT2D eigenvalue weighted by atomic mass is 79.9. The minimum atomic E-state index is -0.192. The van der Waals surface area contributed by atoms with Gasteiger partial charge in [0.2, 0.25) is 0 Å². The van der Waals surface area contributed by atoms with Crippen molar-refractivity contribution in [3.8, 4) is 0 Å². The maximum Gasteiger partial charge on any atom is 0.137 e. The van der Waals surface area contributed by atoms with Crippen LogP contribution in [0.25, 0.3) is 0 Å². The van der Waals surface area contributed by atoms with E-state index in [0.717, 1.165) is 19.3 Å². The Morgan fingerprint density at radius 1 is 1.38 bits per heavy atom. The van der Waals surface area contributed by atoms with E-state index in [1.807, 2.05) is 12.1 Å². The average Bonchev–Trinajstić information content (AvgIpc) is 2.24. The van der Waals surface area contributed by atoms with Crippen LogP contribution >= 0.6 is 27.5 Å². The van der Waals surface area contributed by atoms with E-state index in [9.17, 15) is 4.39 Å². The van der Waals surface area contributed by atoms with Gasteiger partial charge in [-0.2, -0.15) is 0 Å². The quantitative estimate of drug-likeness (QED) is 0.680. The fourth-order valence-electron chi connectivity index (χ4n) is 2.41. The molecule has 1 fully saturated rings. The van der Waals surface area contributed by atoms with Crippen LogP contribution in [-0.4, -0.2) is 5.38 Å². The van der Waals surface area contributed by atoms with Gasteiger partial charge in [0.05, 0.1) is 4.47 Å². The Balaban J connectivity index is 2.00. The summed E-state index contributed by atoms with van der Waals surface area (Å²) in [7, 11) is 0. The minimum Gasteiger partial charge on any atom is -0.206 e. The van der Waals surface area contributed by atoms with E-state index >= 15 is 0 Å². The molecule has 16 heavy (non-hydrogen) atoms. The summed E-state index contributed by atoms with van der Waals surface area (Å²) >= 11 is 9.39. The van der Waals surface area contributed by atoms with Gasteiger partial charge < -0.3 is 0 Å². The Labute approximate surface area is 109 Å². The molecule has 1 aromatic carbocycles. The zero-order valence-corrected chi connectivity index (χ0v) is 11.4. The first-order valence-corrected chi connectivity index (χ1v) is 6.96. The fraction of sp³-hybridized carbons (Fsp3) is 0.538. The molecule has 3 heteroatoms. The smallest absolute Gasteiger partial charge is 0.137 e. The lowest BCUT2D eigenvalue weighted by Crippen LogP contribution is -2.17. The van der Waals surface area contributed by atoms with Crippen LogP contribution in [0.3, 0.4) is 0 Å². The predicted octanol–water partition coefficient (Wildman–Crippen LogP) is 4.93. The van der Waals surface area contributed by atoms with Gasteiger partial charge in [0, 0.05) is 5.38 Å². The minimum absolute atomic E-state index is 0.192. The standard InChI is InChI=1S/C13H15BrClF/c14-12-8-10(4-5-13(12)16)6-9-2-1-3-11(15)7-9/h4-5,8-9,11H,1-3,6-7H2. The molecule has 0 nitrogen and oxygen atoms in total. The molecule has 0 heterocycles. The number of alkyl halides is 1. The van der Waals surface area contributed by atoms with Crippen LogP contribution in [0.1, 0.15) is 31.2 Å². The van der Waals surface area contributed by atoms with Gasteiger partial charge >= 0.3 is 0 Å². The Morgan fingerprint density at radius 2 is 2.19 bits per heavy atom. The lowest BCUT2D eigenvalue weighted by Gasteiger charge is -2.25. The first-order valence-electron chi connectivity index (χ1n) is 5.73. The molecule has 0 aromatic heterocycles. The summed E-state index contributed by atoms with van der Waals surface area (Å²) < 4.78 is 13.6. The number of rotatable bonds is 2. The Hall–Kier alpha value is -0.0800. The van der Waals surface area contributed by atoms with Crippen LogP contribution in [0.2, 0.25) is 0 Å². The molecular weight excluding hydrogens is 290 g/mol. The molecular formula is C13H15BrClF. The van der Waals surface area contributed by atoms with Crippen molar-refractivity contribution in [3.63, 3.8) is 0 Å². The number of benzene rings is 1. The van der Waals surface area contributed by atoms with Crippen molar-refractivity contribution in [1.29, 1.82) is 0 Å². The molecule has 88 valence electrons. The second-order valence-corrected chi connectivity index (χ2v) is 6.05. The largest absolute Gasteiger partial charge is 0.206 e. The van der Waals surface area contributed by atoms with E-state index in [0.29, 0.717) is 15.8 Å². The summed E-state index contributed by atoms with van der Waals surface area (Å²) in [4.78, 5) is 0. The number of hydrogen-bond donors (Lipinski definition) is 0. The van der Waals surface area contributed by atoms with Gasteiger partial charge in [0.15, 0.2) is 0 Å². The van der Waals surface area contributed by atoms with Crippen LogP contribution in [0.15, 0.2) is 22.7 Å². The van der Waals surface area contributed by atoms with E-state index in [1.54, 1.807) is 0 Å². The van der Waals surface area contributed by atoms with Gasteiger partial charge in [0.25, 0.3) is 0 Å². The predicted molar refractivity (Wildman–Crippen MR) is 69.4 cm³/mol. The third-order valence-electron chi connectivity index (χ3n) is 3.23. The fourth-order valence-corrected chi connectivity index (χ4v) is 3.24. The van der Waals surface area contributed by atoms with E-state index in [4.69, 9.17) is 11.6 Å². The average molecular weight is 306 g/mol. The first kappa shape index (κ1) is 12.4. The molecule has 0 radical (unpaired) electrons. The molecule has 2 rings (SSSR count). The van der Waals surface area contributed by atoms with Crippen molar-refractivity contribution in [2.75, 3.05) is 0 Å². The second-order valence-electron chi connectivity index (χ2n) is 4.58. The SMILES string of the molecule is Fc1ccc(CC2CCCC(Cl)C2)cc1Br. The Morgan fingerprint density at radius 3 is 2.88 bits per heavy atom. The normalized spacial score (nSPS) is 25.7. The van der Waals surface area contributed by atoms with Gasteiger partial charge in [-0.25, -0.2) is 4.39 Å². The highest BCUT2D eigenvalue weighted by molar-refractivity contribution is 9.10. The van der Waals surface area contributed by atoms with Crippen LogP contribution in [-0.2, 0) is 6.42 Å². The highest BCUT2D eigenvalue weighted by Gasteiger charge is 2.20. The van der Waals surface area contributed by atoms with E-state index in [-0.39, 0.29) is 5.82 Å². The summed E-state index contributed by atoms with van der Waals surface area (Å²) in [6.45, 7) is 0. The van der Waals surface area contributed by atoms with Gasteiger partial charge in [-0.05, 0) is 58.8 Å². The molecule has 2 atom stereocenters. The summed E-state index contributed by atoms with van der Waals surface area (Å²) in [6.07, 6.45) is 5.73. The molecule has 1 aliphatic rings. The van der Waals surface area contributed by atoms with Crippen molar-refractivity contribution in [1.82, 2.24) is 0 Å². The van der Waals surface area contributed by atoms with E-state index in [2.05, 4.69) is 15.9 Å². The van der Waals surface area contributed by atoms with Crippen LogP contribution in [0.5, 0.6) is 0 Å². The van der Waals surface area contributed by atoms with Crippen molar-refractivity contribution >= 4 is 27.5 Å². The summed E-state index contributed by atoms with van der Waals surface area (Å²) in [5, 5.41) is 0.336. The van der Waals surface area contributed by atoms with Gasteiger partial charge in [-0.1, -0.05) is 18.9 Å². The molecule has 2 unspecified atom stereocenters. The lowest BCUT2D eigenvalue weighted by atomic mass is 9.84. The molecule has 1 saturated carbocycles. The van der Waals surface area contributed by atoms with Crippen LogP contribution in [0, 0.1) is 11.7 Å². The third-order valence-corrected chi connectivity index (χ3v) is 4.23. The zero-order valence-electron chi connectivity index (χ0n) is 9.06. The van der Waals surface area contributed by atoms with Gasteiger partial charge in [0.1, 0.15) is 5.82 Å². The van der Waals surface area contributed by atoms with Crippen LogP contribution in [0.4, 0.5) is 4.39 Å². The molecule has 0 saturated heterocycles. The van der Waals surface area contributed by atoms with Crippen LogP contribution < -0.4 is 0 Å². The van der Waals surface area contributed by atoms with E-state index < -0.39 is 0 Å². The Bertz CT molecular complexity index is 367. The molecule has 1 aromatic rings. The summed E-state index contributed by atoms with van der Waals surface area (Å²) in [5.74, 6) is 0.469. The lowest BCUT2D eigenvalue weighted by molar-refractivity contribution is 0.361. The van der Waals surface area contributed by atoms with E-state index in [1.165, 1.54) is 24.5 Å². The molecule has 0 bridgehead atoms. The summed E-state index contributed by atoms with van der Waals surface area (Å²) in [6, 6.07) is 5.28. The molecule has 0 spiro atoms. The monoisotopic (exact) mass is 304 g/mol. The molecule has 0 N–H and O–H groups in total. The zero-order chi connectivity index (χ0) is 11.5. The van der Waals surface area contributed by atoms with Crippen molar-refractivity contribution in [2.45, 2.75) is 37.5 Å². The Kier molecular flexibility index (Phi) is 4.26. The first-order chi connectivity index (χ1) is 7.65. The third kappa shape index (κ3) is 3.21. The molecule has 0 amide bonds. The summed E-state index contributed by atoms with van der Waals surface area (Å²) in [5.41, 5.74) is 1.20. The highest BCUT2D eigenvalue weighted by Crippen LogP contribution is 2.31. The maximum absolute atomic E-state index is 13.1.